The number of aromatic nitrogens is 3. The Morgan fingerprint density at radius 2 is 1.87 bits per heavy atom. The van der Waals surface area contributed by atoms with E-state index >= 15 is 0 Å². The average molecular weight is 429 g/mol. The van der Waals surface area contributed by atoms with Gasteiger partial charge >= 0.3 is 0 Å². The molecule has 0 aliphatic heterocycles. The highest BCUT2D eigenvalue weighted by molar-refractivity contribution is 7.99. The second-order valence-electron chi connectivity index (χ2n) is 9.49. The second-order valence-corrected chi connectivity index (χ2v) is 10.4. The molecular formula is C24H36N4OS. The maximum absolute atomic E-state index is 12.4. The predicted molar refractivity (Wildman–Crippen MR) is 125 cm³/mol. The van der Waals surface area contributed by atoms with E-state index in [-0.39, 0.29) is 17.4 Å². The van der Waals surface area contributed by atoms with Gasteiger partial charge in [-0.3, -0.25) is 9.36 Å². The van der Waals surface area contributed by atoms with E-state index in [4.69, 9.17) is 0 Å². The molecule has 2 aromatic rings. The largest absolute Gasteiger partial charge is 0.353 e. The third-order valence-electron chi connectivity index (χ3n) is 5.82. The van der Waals surface area contributed by atoms with Crippen molar-refractivity contribution in [3.63, 3.8) is 0 Å². The lowest BCUT2D eigenvalue weighted by Gasteiger charge is -2.20. The third-order valence-corrected chi connectivity index (χ3v) is 6.77. The van der Waals surface area contributed by atoms with Crippen LogP contribution in [0.25, 0.3) is 11.4 Å². The SMILES string of the molecule is CCC[C@@H](C)NC(=O)CSc1nnc(-c2ccc(C(C)(C)C)cc2)n1C1CCCC1. The maximum atomic E-state index is 12.4. The number of carbonyl (C=O) groups excluding carboxylic acids is 1. The van der Waals surface area contributed by atoms with Crippen LogP contribution in [0.1, 0.15) is 84.7 Å². The van der Waals surface area contributed by atoms with Gasteiger partial charge in [-0.2, -0.15) is 0 Å². The van der Waals surface area contributed by atoms with Crippen molar-refractivity contribution < 1.29 is 4.79 Å². The smallest absolute Gasteiger partial charge is 0.230 e. The highest BCUT2D eigenvalue weighted by Crippen LogP contribution is 2.37. The predicted octanol–water partition coefficient (Wildman–Crippen LogP) is 5.75. The molecule has 30 heavy (non-hydrogen) atoms. The van der Waals surface area contributed by atoms with Crippen LogP contribution in [0.2, 0.25) is 0 Å². The van der Waals surface area contributed by atoms with Crippen LogP contribution in [0, 0.1) is 0 Å². The van der Waals surface area contributed by atoms with Crippen molar-refractivity contribution in [2.24, 2.45) is 0 Å². The van der Waals surface area contributed by atoms with Gasteiger partial charge in [0.2, 0.25) is 5.91 Å². The first-order valence-electron chi connectivity index (χ1n) is 11.3. The number of benzene rings is 1. The van der Waals surface area contributed by atoms with Gasteiger partial charge in [0.25, 0.3) is 0 Å². The molecular weight excluding hydrogens is 392 g/mol. The Bertz CT molecular complexity index is 832. The highest BCUT2D eigenvalue weighted by Gasteiger charge is 2.25. The molecule has 1 aromatic heterocycles. The molecule has 1 saturated carbocycles. The molecule has 6 heteroatoms. The summed E-state index contributed by atoms with van der Waals surface area (Å²) in [6.45, 7) is 10.9. The Hall–Kier alpha value is -1.82. The Morgan fingerprint density at radius 3 is 2.47 bits per heavy atom. The van der Waals surface area contributed by atoms with Crippen LogP contribution in [0.3, 0.4) is 0 Å². The molecule has 5 nitrogen and oxygen atoms in total. The third kappa shape index (κ3) is 5.65. The van der Waals surface area contributed by atoms with E-state index in [1.165, 1.54) is 30.2 Å². The molecule has 3 rings (SSSR count). The molecule has 1 aliphatic carbocycles. The van der Waals surface area contributed by atoms with Gasteiger partial charge in [0.1, 0.15) is 0 Å². The highest BCUT2D eigenvalue weighted by atomic mass is 32.2. The topological polar surface area (TPSA) is 59.8 Å². The van der Waals surface area contributed by atoms with Gasteiger partial charge in [-0.05, 0) is 37.2 Å². The summed E-state index contributed by atoms with van der Waals surface area (Å²) in [5.74, 6) is 1.37. The zero-order valence-corrected chi connectivity index (χ0v) is 19.9. The number of nitrogens with zero attached hydrogens (tertiary/aromatic N) is 3. The summed E-state index contributed by atoms with van der Waals surface area (Å²) >= 11 is 1.50. The number of hydrogen-bond donors (Lipinski definition) is 1. The Labute approximate surface area is 185 Å². The fraction of sp³-hybridized carbons (Fsp3) is 0.625. The number of carbonyl (C=O) groups is 1. The standard InChI is InChI=1S/C24H36N4OS/c1-6-9-17(2)25-21(29)16-30-23-27-26-22(28(23)20-10-7-8-11-20)18-12-14-19(15-13-18)24(3,4)5/h12-15,17,20H,6-11,16H2,1-5H3,(H,25,29)/t17-/m1/s1. The minimum Gasteiger partial charge on any atom is -0.353 e. The number of thioether (sulfide) groups is 1. The molecule has 1 N–H and O–H groups in total. The zero-order valence-electron chi connectivity index (χ0n) is 19.1. The van der Waals surface area contributed by atoms with Crippen LogP contribution in [0.4, 0.5) is 0 Å². The van der Waals surface area contributed by atoms with Gasteiger partial charge in [0.05, 0.1) is 5.75 Å². The molecule has 1 amide bonds. The van der Waals surface area contributed by atoms with E-state index in [1.54, 1.807) is 0 Å². The van der Waals surface area contributed by atoms with E-state index < -0.39 is 0 Å². The molecule has 1 heterocycles. The molecule has 0 radical (unpaired) electrons. The minimum atomic E-state index is 0.0676. The summed E-state index contributed by atoms with van der Waals surface area (Å²) in [5, 5.41) is 13.0. The summed E-state index contributed by atoms with van der Waals surface area (Å²) in [6, 6.07) is 9.33. The zero-order chi connectivity index (χ0) is 21.7. The van der Waals surface area contributed by atoms with Crippen LogP contribution in [0.5, 0.6) is 0 Å². The van der Waals surface area contributed by atoms with E-state index in [1.807, 2.05) is 0 Å². The van der Waals surface area contributed by atoms with Crippen LogP contribution >= 0.6 is 11.8 Å². The second kappa shape index (κ2) is 9.99. The molecule has 0 spiro atoms. The lowest BCUT2D eigenvalue weighted by Crippen LogP contribution is -2.33. The van der Waals surface area contributed by atoms with Gasteiger partial charge in [-0.25, -0.2) is 0 Å². The van der Waals surface area contributed by atoms with E-state index in [0.29, 0.717) is 11.8 Å². The lowest BCUT2D eigenvalue weighted by atomic mass is 9.86. The molecule has 1 aromatic carbocycles. The molecule has 0 saturated heterocycles. The molecule has 0 unspecified atom stereocenters. The van der Waals surface area contributed by atoms with Gasteiger partial charge < -0.3 is 5.32 Å². The number of rotatable bonds is 8. The van der Waals surface area contributed by atoms with Crippen molar-refractivity contribution in [1.82, 2.24) is 20.1 Å². The molecule has 1 fully saturated rings. The first-order valence-corrected chi connectivity index (χ1v) is 12.3. The summed E-state index contributed by atoms with van der Waals surface area (Å²) in [5.41, 5.74) is 2.53. The van der Waals surface area contributed by atoms with Gasteiger partial charge in [0, 0.05) is 17.6 Å². The monoisotopic (exact) mass is 428 g/mol. The van der Waals surface area contributed by atoms with Gasteiger partial charge in [0.15, 0.2) is 11.0 Å². The van der Waals surface area contributed by atoms with Crippen molar-refractivity contribution in [3.05, 3.63) is 29.8 Å². The van der Waals surface area contributed by atoms with Crippen molar-refractivity contribution >= 4 is 17.7 Å². The summed E-state index contributed by atoms with van der Waals surface area (Å²) in [4.78, 5) is 12.4. The Kier molecular flexibility index (Phi) is 7.61. The van der Waals surface area contributed by atoms with E-state index in [9.17, 15) is 4.79 Å². The van der Waals surface area contributed by atoms with E-state index in [2.05, 4.69) is 79.0 Å². The van der Waals surface area contributed by atoms with Crippen LogP contribution in [-0.4, -0.2) is 32.5 Å². The lowest BCUT2D eigenvalue weighted by molar-refractivity contribution is -0.119. The van der Waals surface area contributed by atoms with Gasteiger partial charge in [-0.15, -0.1) is 10.2 Å². The quantitative estimate of drug-likeness (QED) is 0.544. The summed E-state index contributed by atoms with van der Waals surface area (Å²) in [6.07, 6.45) is 6.86. The number of hydrogen-bond acceptors (Lipinski definition) is 4. The van der Waals surface area contributed by atoms with E-state index in [0.717, 1.165) is 42.2 Å². The summed E-state index contributed by atoms with van der Waals surface area (Å²) < 4.78 is 2.28. The fourth-order valence-electron chi connectivity index (χ4n) is 4.13. The molecule has 164 valence electrons. The minimum absolute atomic E-state index is 0.0676. The first kappa shape index (κ1) is 22.9. The van der Waals surface area contributed by atoms with Crippen molar-refractivity contribution in [2.45, 2.75) is 95.8 Å². The number of nitrogens with one attached hydrogen (secondary N) is 1. The van der Waals surface area contributed by atoms with Crippen LogP contribution in [0.15, 0.2) is 29.4 Å². The Morgan fingerprint density at radius 1 is 1.20 bits per heavy atom. The van der Waals surface area contributed by atoms with Gasteiger partial charge in [-0.1, -0.05) is 83.0 Å². The maximum Gasteiger partial charge on any atom is 0.230 e. The fourth-order valence-corrected chi connectivity index (χ4v) is 4.95. The molecule has 0 bridgehead atoms. The first-order chi connectivity index (χ1) is 14.3. The van der Waals surface area contributed by atoms with Crippen LogP contribution in [-0.2, 0) is 10.2 Å². The molecule has 1 aliphatic rings. The van der Waals surface area contributed by atoms with Crippen molar-refractivity contribution in [2.75, 3.05) is 5.75 Å². The number of amides is 1. The van der Waals surface area contributed by atoms with Crippen LogP contribution < -0.4 is 5.32 Å². The summed E-state index contributed by atoms with van der Waals surface area (Å²) in [7, 11) is 0. The molecule has 1 atom stereocenters. The normalized spacial score (nSPS) is 16.0. The average Bonchev–Trinajstić information content (AvgIpc) is 3.35. The van der Waals surface area contributed by atoms with Crippen molar-refractivity contribution in [1.29, 1.82) is 0 Å². The Balaban J connectivity index is 1.80. The van der Waals surface area contributed by atoms with Crippen molar-refractivity contribution in [3.8, 4) is 11.4 Å².